The van der Waals surface area contributed by atoms with Gasteiger partial charge < -0.3 is 5.73 Å². The molecule has 13 heavy (non-hydrogen) atoms. The lowest BCUT2D eigenvalue weighted by Crippen LogP contribution is -2.09. The van der Waals surface area contributed by atoms with Crippen molar-refractivity contribution in [3.05, 3.63) is 32.8 Å². The Kier molecular flexibility index (Phi) is 3.87. The molecule has 0 fully saturated rings. The minimum atomic E-state index is -0.128. The SMILES string of the molecule is CC[C@H](N)c1c(Cl)cc(Cl)cc1Cl. The molecule has 0 aliphatic carbocycles. The maximum absolute atomic E-state index is 5.96. The zero-order valence-electron chi connectivity index (χ0n) is 7.15. The maximum Gasteiger partial charge on any atom is 0.0483 e. The second kappa shape index (κ2) is 4.52. The number of hydrogen-bond donors (Lipinski definition) is 1. The fourth-order valence-electron chi connectivity index (χ4n) is 1.11. The zero-order valence-corrected chi connectivity index (χ0v) is 9.42. The van der Waals surface area contributed by atoms with E-state index in [2.05, 4.69) is 0 Å². The summed E-state index contributed by atoms with van der Waals surface area (Å²) in [6, 6.07) is 3.18. The number of halogens is 3. The molecule has 1 nitrogen and oxygen atoms in total. The first-order valence-electron chi connectivity index (χ1n) is 3.96. The summed E-state index contributed by atoms with van der Waals surface area (Å²) in [6.45, 7) is 1.98. The Bertz CT molecular complexity index is 289. The molecule has 1 atom stereocenters. The van der Waals surface area contributed by atoms with E-state index in [1.54, 1.807) is 12.1 Å². The standard InChI is InChI=1S/C9H10Cl3N/c1-2-8(13)9-6(11)3-5(10)4-7(9)12/h3-4,8H,2,13H2,1H3/t8-/m0/s1. The predicted octanol–water partition coefficient (Wildman–Crippen LogP) is 4.06. The van der Waals surface area contributed by atoms with E-state index in [1.807, 2.05) is 6.92 Å². The van der Waals surface area contributed by atoms with Crippen LogP contribution in [0.4, 0.5) is 0 Å². The van der Waals surface area contributed by atoms with Gasteiger partial charge >= 0.3 is 0 Å². The van der Waals surface area contributed by atoms with E-state index in [1.165, 1.54) is 0 Å². The molecule has 0 saturated carbocycles. The third-order valence-corrected chi connectivity index (χ3v) is 2.70. The van der Waals surface area contributed by atoms with E-state index in [0.29, 0.717) is 15.1 Å². The number of rotatable bonds is 2. The van der Waals surface area contributed by atoms with Gasteiger partial charge in [-0.1, -0.05) is 41.7 Å². The highest BCUT2D eigenvalue weighted by molar-refractivity contribution is 6.39. The lowest BCUT2D eigenvalue weighted by atomic mass is 10.1. The minimum absolute atomic E-state index is 0.128. The molecular formula is C9H10Cl3N. The topological polar surface area (TPSA) is 26.0 Å². The smallest absolute Gasteiger partial charge is 0.0483 e. The van der Waals surface area contributed by atoms with Crippen molar-refractivity contribution in [1.29, 1.82) is 0 Å². The molecular weight excluding hydrogens is 228 g/mol. The van der Waals surface area contributed by atoms with Gasteiger partial charge in [-0.15, -0.1) is 0 Å². The van der Waals surface area contributed by atoms with Crippen molar-refractivity contribution >= 4 is 34.8 Å². The molecule has 0 bridgehead atoms. The molecule has 72 valence electrons. The molecule has 0 aliphatic rings. The van der Waals surface area contributed by atoms with Gasteiger partial charge in [0.2, 0.25) is 0 Å². The Morgan fingerprint density at radius 3 is 2.08 bits per heavy atom. The van der Waals surface area contributed by atoms with Crippen molar-refractivity contribution < 1.29 is 0 Å². The van der Waals surface area contributed by atoms with Crippen molar-refractivity contribution in [2.45, 2.75) is 19.4 Å². The van der Waals surface area contributed by atoms with Gasteiger partial charge in [-0.3, -0.25) is 0 Å². The number of nitrogens with two attached hydrogens (primary N) is 1. The molecule has 0 aliphatic heterocycles. The molecule has 0 radical (unpaired) electrons. The summed E-state index contributed by atoms with van der Waals surface area (Å²) in [5, 5.41) is 1.60. The van der Waals surface area contributed by atoms with Crippen LogP contribution in [0.15, 0.2) is 12.1 Å². The van der Waals surface area contributed by atoms with Gasteiger partial charge in [0.25, 0.3) is 0 Å². The van der Waals surface area contributed by atoms with Crippen LogP contribution < -0.4 is 5.73 Å². The Morgan fingerprint density at radius 2 is 1.69 bits per heavy atom. The average molecular weight is 239 g/mol. The summed E-state index contributed by atoms with van der Waals surface area (Å²) in [4.78, 5) is 0. The highest BCUT2D eigenvalue weighted by Gasteiger charge is 2.13. The Morgan fingerprint density at radius 1 is 1.23 bits per heavy atom. The van der Waals surface area contributed by atoms with E-state index >= 15 is 0 Å². The van der Waals surface area contributed by atoms with Crippen LogP contribution in [0.2, 0.25) is 15.1 Å². The van der Waals surface area contributed by atoms with E-state index in [4.69, 9.17) is 40.5 Å². The van der Waals surface area contributed by atoms with Crippen molar-refractivity contribution in [2.75, 3.05) is 0 Å². The van der Waals surface area contributed by atoms with Gasteiger partial charge in [-0.25, -0.2) is 0 Å². The van der Waals surface area contributed by atoms with E-state index < -0.39 is 0 Å². The molecule has 0 amide bonds. The van der Waals surface area contributed by atoms with Crippen LogP contribution in [-0.2, 0) is 0 Å². The van der Waals surface area contributed by atoms with Crippen molar-refractivity contribution in [2.24, 2.45) is 5.73 Å². The maximum atomic E-state index is 5.96. The summed E-state index contributed by atoms with van der Waals surface area (Å²) in [7, 11) is 0. The van der Waals surface area contributed by atoms with Crippen LogP contribution >= 0.6 is 34.8 Å². The van der Waals surface area contributed by atoms with Crippen LogP contribution in [-0.4, -0.2) is 0 Å². The van der Waals surface area contributed by atoms with Crippen LogP contribution in [0.3, 0.4) is 0 Å². The van der Waals surface area contributed by atoms with Gasteiger partial charge in [-0.2, -0.15) is 0 Å². The zero-order chi connectivity index (χ0) is 10.0. The second-order valence-electron chi connectivity index (χ2n) is 2.80. The molecule has 4 heteroatoms. The van der Waals surface area contributed by atoms with E-state index in [0.717, 1.165) is 12.0 Å². The molecule has 0 spiro atoms. The molecule has 1 rings (SSSR count). The van der Waals surface area contributed by atoms with Gasteiger partial charge in [0.1, 0.15) is 0 Å². The van der Waals surface area contributed by atoms with Gasteiger partial charge in [0.15, 0.2) is 0 Å². The number of hydrogen-bond acceptors (Lipinski definition) is 1. The Balaban J connectivity index is 3.20. The second-order valence-corrected chi connectivity index (χ2v) is 4.05. The third-order valence-electron chi connectivity index (χ3n) is 1.85. The van der Waals surface area contributed by atoms with Crippen LogP contribution in [0.1, 0.15) is 24.9 Å². The molecule has 0 heterocycles. The third kappa shape index (κ3) is 2.50. The van der Waals surface area contributed by atoms with Crippen LogP contribution in [0.5, 0.6) is 0 Å². The fourth-order valence-corrected chi connectivity index (χ4v) is 2.21. The van der Waals surface area contributed by atoms with Crippen molar-refractivity contribution in [3.8, 4) is 0 Å². The molecule has 0 aromatic heterocycles. The summed E-state index contributed by atoms with van der Waals surface area (Å²) < 4.78 is 0. The summed E-state index contributed by atoms with van der Waals surface area (Å²) in [5.41, 5.74) is 6.61. The largest absolute Gasteiger partial charge is 0.324 e. The van der Waals surface area contributed by atoms with Crippen molar-refractivity contribution in [1.82, 2.24) is 0 Å². The summed E-state index contributed by atoms with van der Waals surface area (Å²) in [6.07, 6.45) is 0.793. The lowest BCUT2D eigenvalue weighted by molar-refractivity contribution is 0.699. The van der Waals surface area contributed by atoms with Crippen molar-refractivity contribution in [3.63, 3.8) is 0 Å². The highest BCUT2D eigenvalue weighted by atomic mass is 35.5. The predicted molar refractivity (Wildman–Crippen MR) is 58.7 cm³/mol. The quantitative estimate of drug-likeness (QED) is 0.826. The summed E-state index contributed by atoms with van der Waals surface area (Å²) in [5.74, 6) is 0. The lowest BCUT2D eigenvalue weighted by Gasteiger charge is -2.13. The first kappa shape index (κ1) is 11.1. The average Bonchev–Trinajstić information content (AvgIpc) is 2.02. The number of benzene rings is 1. The molecule has 1 aromatic carbocycles. The summed E-state index contributed by atoms with van der Waals surface area (Å²) >= 11 is 17.7. The highest BCUT2D eigenvalue weighted by Crippen LogP contribution is 2.33. The molecule has 1 aromatic rings. The normalized spacial score (nSPS) is 13.0. The van der Waals surface area contributed by atoms with Crippen LogP contribution in [0.25, 0.3) is 0 Å². The Labute approximate surface area is 92.8 Å². The van der Waals surface area contributed by atoms with Gasteiger partial charge in [-0.05, 0) is 18.6 Å². The first-order chi connectivity index (χ1) is 6.06. The minimum Gasteiger partial charge on any atom is -0.324 e. The monoisotopic (exact) mass is 237 g/mol. The fraction of sp³-hybridized carbons (Fsp3) is 0.333. The molecule has 0 unspecified atom stereocenters. The molecule has 2 N–H and O–H groups in total. The first-order valence-corrected chi connectivity index (χ1v) is 5.09. The Hall–Kier alpha value is 0.0500. The molecule has 0 saturated heterocycles. The van der Waals surface area contributed by atoms with E-state index in [9.17, 15) is 0 Å². The van der Waals surface area contributed by atoms with Crippen LogP contribution in [0, 0.1) is 0 Å². The van der Waals surface area contributed by atoms with Gasteiger partial charge in [0, 0.05) is 26.7 Å². The van der Waals surface area contributed by atoms with Gasteiger partial charge in [0.05, 0.1) is 0 Å². The van der Waals surface area contributed by atoms with E-state index in [-0.39, 0.29) is 6.04 Å².